The van der Waals surface area contributed by atoms with Crippen LogP contribution in [-0.2, 0) is 4.79 Å². The van der Waals surface area contributed by atoms with Crippen molar-refractivity contribution in [3.63, 3.8) is 0 Å². The van der Waals surface area contributed by atoms with E-state index in [-0.39, 0.29) is 24.2 Å². The lowest BCUT2D eigenvalue weighted by molar-refractivity contribution is -0.128. The summed E-state index contributed by atoms with van der Waals surface area (Å²) in [4.78, 5) is 18.3. The Balaban J connectivity index is 1.80. The number of rotatable bonds is 1. The quantitative estimate of drug-likeness (QED) is 0.784. The maximum atomic E-state index is 13.3. The normalized spacial score (nSPS) is 24.9. The van der Waals surface area contributed by atoms with E-state index in [2.05, 4.69) is 15.6 Å². The number of nitrogens with one attached hydrogen (secondary N) is 2. The molecule has 3 heterocycles. The summed E-state index contributed by atoms with van der Waals surface area (Å²) in [5, 5.41) is 15.8. The lowest BCUT2D eigenvalue weighted by Crippen LogP contribution is -2.56. The van der Waals surface area contributed by atoms with Gasteiger partial charge in [-0.1, -0.05) is 12.1 Å². The first-order valence-corrected chi connectivity index (χ1v) is 7.58. The number of carbonyl (C=O) groups excluding carboxylic acids is 1. The topological polar surface area (TPSA) is 81.1 Å². The van der Waals surface area contributed by atoms with E-state index in [4.69, 9.17) is 0 Å². The molecular weight excluding hydrogens is 309 g/mol. The monoisotopic (exact) mass is 323 g/mol. The molecule has 2 aromatic rings. The van der Waals surface area contributed by atoms with Crippen LogP contribution in [0.5, 0.6) is 0 Å². The Morgan fingerprint density at radius 1 is 1.33 bits per heavy atom. The number of nitriles is 1. The number of fused-ring (bicyclic) bond motifs is 1. The minimum Gasteiger partial charge on any atom is -0.379 e. The fourth-order valence-corrected chi connectivity index (χ4v) is 3.46. The second-order valence-corrected chi connectivity index (χ2v) is 5.97. The molecule has 24 heavy (non-hydrogen) atoms. The zero-order valence-corrected chi connectivity index (χ0v) is 12.7. The van der Waals surface area contributed by atoms with Gasteiger partial charge in [0.2, 0.25) is 0 Å². The lowest BCUT2D eigenvalue weighted by atomic mass is 9.80. The zero-order valence-electron chi connectivity index (χ0n) is 12.7. The second-order valence-electron chi connectivity index (χ2n) is 5.97. The molecule has 1 unspecified atom stereocenters. The SMILES string of the molecule is N#CN1CC(c2ccc(F)cc2)[C@]2(CNc3cccnc3N2)C1=O. The predicted octanol–water partition coefficient (Wildman–Crippen LogP) is 1.90. The van der Waals surface area contributed by atoms with Crippen LogP contribution < -0.4 is 10.6 Å². The summed E-state index contributed by atoms with van der Waals surface area (Å²) in [6, 6.07) is 9.73. The van der Waals surface area contributed by atoms with E-state index in [1.807, 2.05) is 12.3 Å². The Morgan fingerprint density at radius 3 is 2.88 bits per heavy atom. The number of halogens is 1. The highest BCUT2D eigenvalue weighted by Gasteiger charge is 2.56. The molecule has 2 aliphatic heterocycles. The van der Waals surface area contributed by atoms with Crippen LogP contribution >= 0.6 is 0 Å². The number of amides is 1. The molecule has 0 radical (unpaired) electrons. The molecule has 4 rings (SSSR count). The summed E-state index contributed by atoms with van der Waals surface area (Å²) >= 11 is 0. The van der Waals surface area contributed by atoms with E-state index < -0.39 is 5.54 Å². The van der Waals surface area contributed by atoms with E-state index in [0.717, 1.165) is 16.2 Å². The van der Waals surface area contributed by atoms with Crippen LogP contribution in [0.25, 0.3) is 0 Å². The van der Waals surface area contributed by atoms with Crippen molar-refractivity contribution >= 4 is 17.4 Å². The molecule has 0 aliphatic carbocycles. The average Bonchev–Trinajstić information content (AvgIpc) is 2.88. The largest absolute Gasteiger partial charge is 0.379 e. The molecule has 7 heteroatoms. The van der Waals surface area contributed by atoms with Gasteiger partial charge in [0.05, 0.1) is 5.69 Å². The predicted molar refractivity (Wildman–Crippen MR) is 85.5 cm³/mol. The second kappa shape index (κ2) is 5.20. The number of pyridine rings is 1. The van der Waals surface area contributed by atoms with Crippen molar-refractivity contribution in [1.29, 1.82) is 5.26 Å². The third kappa shape index (κ3) is 2.00. The van der Waals surface area contributed by atoms with Gasteiger partial charge in [0.1, 0.15) is 17.2 Å². The van der Waals surface area contributed by atoms with Crippen LogP contribution in [0.15, 0.2) is 42.6 Å². The summed E-state index contributed by atoms with van der Waals surface area (Å²) in [5.41, 5.74) is 0.593. The maximum absolute atomic E-state index is 13.3. The standard InChI is InChI=1S/C17H14FN5O/c18-12-5-3-11(4-6-12)13-8-23(10-19)16(24)17(13)9-21-14-2-1-7-20-15(14)22-17/h1-7,13,21H,8-9H2,(H,20,22)/t13?,17-/m1/s1. The molecule has 1 spiro atoms. The molecule has 120 valence electrons. The number of nitrogens with zero attached hydrogens (tertiary/aromatic N) is 3. The van der Waals surface area contributed by atoms with Crippen molar-refractivity contribution in [3.8, 4) is 6.19 Å². The minimum absolute atomic E-state index is 0.248. The molecule has 1 aromatic carbocycles. The fraction of sp³-hybridized carbons (Fsp3) is 0.235. The molecule has 2 atom stereocenters. The third-order valence-electron chi connectivity index (χ3n) is 4.69. The maximum Gasteiger partial charge on any atom is 0.263 e. The number of hydrogen-bond acceptors (Lipinski definition) is 5. The fourth-order valence-electron chi connectivity index (χ4n) is 3.46. The molecular formula is C17H14FN5O. The molecule has 1 fully saturated rings. The van der Waals surface area contributed by atoms with Crippen molar-refractivity contribution in [1.82, 2.24) is 9.88 Å². The van der Waals surface area contributed by atoms with Gasteiger partial charge in [0.15, 0.2) is 6.19 Å². The van der Waals surface area contributed by atoms with Gasteiger partial charge < -0.3 is 10.6 Å². The number of anilines is 2. The smallest absolute Gasteiger partial charge is 0.263 e. The number of hydrogen-bond donors (Lipinski definition) is 2. The molecule has 0 bridgehead atoms. The molecule has 1 aromatic heterocycles. The first kappa shape index (κ1) is 14.5. The Bertz CT molecular complexity index is 847. The zero-order chi connectivity index (χ0) is 16.7. The Hall–Kier alpha value is -3.14. The highest BCUT2D eigenvalue weighted by Crippen LogP contribution is 2.42. The third-order valence-corrected chi connectivity index (χ3v) is 4.69. The highest BCUT2D eigenvalue weighted by atomic mass is 19.1. The van der Waals surface area contributed by atoms with Gasteiger partial charge in [-0.25, -0.2) is 14.3 Å². The molecule has 1 amide bonds. The number of benzene rings is 1. The molecule has 6 nitrogen and oxygen atoms in total. The van der Waals surface area contributed by atoms with E-state index >= 15 is 0 Å². The highest BCUT2D eigenvalue weighted by molar-refractivity contribution is 5.97. The number of aromatic nitrogens is 1. The molecule has 2 N–H and O–H groups in total. The van der Waals surface area contributed by atoms with Crippen LogP contribution in [-0.4, -0.2) is 34.4 Å². The Morgan fingerprint density at radius 2 is 2.12 bits per heavy atom. The molecule has 1 saturated heterocycles. The van der Waals surface area contributed by atoms with Crippen molar-refractivity contribution in [2.75, 3.05) is 23.7 Å². The first-order chi connectivity index (χ1) is 11.6. The Kier molecular flexibility index (Phi) is 3.13. The van der Waals surface area contributed by atoms with Crippen molar-refractivity contribution in [3.05, 3.63) is 54.0 Å². The summed E-state index contributed by atoms with van der Waals surface area (Å²) < 4.78 is 13.3. The van der Waals surface area contributed by atoms with Gasteiger partial charge in [-0.2, -0.15) is 5.26 Å². The van der Waals surface area contributed by atoms with E-state index in [1.54, 1.807) is 24.4 Å². The van der Waals surface area contributed by atoms with Gasteiger partial charge in [-0.3, -0.25) is 4.79 Å². The molecule has 2 aliphatic rings. The van der Waals surface area contributed by atoms with Crippen LogP contribution in [0.1, 0.15) is 11.5 Å². The summed E-state index contributed by atoms with van der Waals surface area (Å²) in [5.74, 6) is -0.365. The number of carbonyl (C=O) groups is 1. The van der Waals surface area contributed by atoms with Gasteiger partial charge in [-0.05, 0) is 29.8 Å². The van der Waals surface area contributed by atoms with Crippen molar-refractivity contribution in [2.45, 2.75) is 11.5 Å². The summed E-state index contributed by atoms with van der Waals surface area (Å²) in [6.45, 7) is 0.572. The van der Waals surface area contributed by atoms with Crippen molar-refractivity contribution < 1.29 is 9.18 Å². The van der Waals surface area contributed by atoms with Crippen LogP contribution in [0.3, 0.4) is 0 Å². The van der Waals surface area contributed by atoms with Crippen LogP contribution in [0.4, 0.5) is 15.9 Å². The van der Waals surface area contributed by atoms with Crippen LogP contribution in [0, 0.1) is 17.3 Å². The van der Waals surface area contributed by atoms with E-state index in [0.29, 0.717) is 12.4 Å². The van der Waals surface area contributed by atoms with E-state index in [9.17, 15) is 14.4 Å². The van der Waals surface area contributed by atoms with Crippen LogP contribution in [0.2, 0.25) is 0 Å². The average molecular weight is 323 g/mol. The van der Waals surface area contributed by atoms with E-state index in [1.165, 1.54) is 12.1 Å². The summed E-state index contributed by atoms with van der Waals surface area (Å²) in [6.07, 6.45) is 3.58. The molecule has 0 saturated carbocycles. The lowest BCUT2D eigenvalue weighted by Gasteiger charge is -2.38. The van der Waals surface area contributed by atoms with Gasteiger partial charge in [0, 0.05) is 25.2 Å². The number of likely N-dealkylation sites (tertiary alicyclic amines) is 1. The first-order valence-electron chi connectivity index (χ1n) is 7.58. The minimum atomic E-state index is -1.02. The Labute approximate surface area is 137 Å². The van der Waals surface area contributed by atoms with Gasteiger partial charge in [0.25, 0.3) is 5.91 Å². The van der Waals surface area contributed by atoms with Gasteiger partial charge >= 0.3 is 0 Å². The summed E-state index contributed by atoms with van der Waals surface area (Å²) in [7, 11) is 0. The van der Waals surface area contributed by atoms with Crippen molar-refractivity contribution in [2.24, 2.45) is 0 Å². The van der Waals surface area contributed by atoms with Gasteiger partial charge in [-0.15, -0.1) is 0 Å².